The highest BCUT2D eigenvalue weighted by Crippen LogP contribution is 2.32. The van der Waals surface area contributed by atoms with Crippen LogP contribution in [0.25, 0.3) is 0 Å². The van der Waals surface area contributed by atoms with Gasteiger partial charge in [0, 0.05) is 25.2 Å². The van der Waals surface area contributed by atoms with Crippen molar-refractivity contribution >= 4 is 0 Å². The summed E-state index contributed by atoms with van der Waals surface area (Å²) in [6.45, 7) is 2.40. The van der Waals surface area contributed by atoms with Gasteiger partial charge in [0.15, 0.2) is 0 Å². The fourth-order valence-electron chi connectivity index (χ4n) is 3.29. The molecule has 2 bridgehead atoms. The largest absolute Gasteiger partial charge is 0.497 e. The van der Waals surface area contributed by atoms with Crippen molar-refractivity contribution in [3.63, 3.8) is 0 Å². The number of rotatable bonds is 5. The SMILES string of the molecule is COc1ccc(OC)c(C(O)CN2CC3CCC(C2)O3)c1. The minimum Gasteiger partial charge on any atom is -0.497 e. The molecule has 5 nitrogen and oxygen atoms in total. The molecule has 0 saturated carbocycles. The van der Waals surface area contributed by atoms with E-state index in [1.807, 2.05) is 18.2 Å². The Hall–Kier alpha value is -1.30. The number of fused-ring (bicyclic) bond motifs is 2. The molecule has 116 valence electrons. The van der Waals surface area contributed by atoms with E-state index in [1.54, 1.807) is 14.2 Å². The van der Waals surface area contributed by atoms with E-state index in [2.05, 4.69) is 4.90 Å². The van der Waals surface area contributed by atoms with Crippen LogP contribution in [0.1, 0.15) is 24.5 Å². The molecule has 21 heavy (non-hydrogen) atoms. The van der Waals surface area contributed by atoms with Crippen LogP contribution in [0.2, 0.25) is 0 Å². The van der Waals surface area contributed by atoms with Gasteiger partial charge in [-0.3, -0.25) is 4.90 Å². The monoisotopic (exact) mass is 293 g/mol. The predicted molar refractivity (Wildman–Crippen MR) is 78.8 cm³/mol. The maximum atomic E-state index is 10.6. The Bertz CT molecular complexity index is 481. The first-order valence-electron chi connectivity index (χ1n) is 7.47. The lowest BCUT2D eigenvalue weighted by Crippen LogP contribution is -2.44. The maximum Gasteiger partial charge on any atom is 0.124 e. The van der Waals surface area contributed by atoms with Crippen LogP contribution in [-0.2, 0) is 4.74 Å². The molecule has 2 aliphatic heterocycles. The molecule has 0 amide bonds. The summed E-state index contributed by atoms with van der Waals surface area (Å²) in [5.74, 6) is 1.42. The molecule has 1 aromatic rings. The summed E-state index contributed by atoms with van der Waals surface area (Å²) in [5.41, 5.74) is 0.774. The summed E-state index contributed by atoms with van der Waals surface area (Å²) in [6.07, 6.45) is 2.36. The number of aliphatic hydroxyl groups is 1. The van der Waals surface area contributed by atoms with E-state index in [4.69, 9.17) is 14.2 Å². The fraction of sp³-hybridized carbons (Fsp3) is 0.625. The zero-order valence-electron chi connectivity index (χ0n) is 12.6. The van der Waals surface area contributed by atoms with Gasteiger partial charge in [-0.05, 0) is 31.0 Å². The van der Waals surface area contributed by atoms with Crippen molar-refractivity contribution in [2.24, 2.45) is 0 Å². The standard InChI is InChI=1S/C16H23NO4/c1-19-11-5-6-16(20-2)14(7-11)15(18)10-17-8-12-3-4-13(9-17)21-12/h5-7,12-13,15,18H,3-4,8-10H2,1-2H3. The Kier molecular flexibility index (Phi) is 4.33. The van der Waals surface area contributed by atoms with Gasteiger partial charge in [0.25, 0.3) is 0 Å². The summed E-state index contributed by atoms with van der Waals surface area (Å²) < 4.78 is 16.4. The molecule has 0 aliphatic carbocycles. The average Bonchev–Trinajstić information content (AvgIpc) is 2.85. The van der Waals surface area contributed by atoms with Gasteiger partial charge in [-0.25, -0.2) is 0 Å². The number of methoxy groups -OCH3 is 2. The summed E-state index contributed by atoms with van der Waals surface area (Å²) >= 11 is 0. The van der Waals surface area contributed by atoms with Crippen molar-refractivity contribution in [1.82, 2.24) is 4.90 Å². The van der Waals surface area contributed by atoms with Crippen LogP contribution >= 0.6 is 0 Å². The normalized spacial score (nSPS) is 26.6. The number of aliphatic hydroxyl groups excluding tert-OH is 1. The van der Waals surface area contributed by atoms with Gasteiger partial charge in [0.2, 0.25) is 0 Å². The molecule has 0 spiro atoms. The van der Waals surface area contributed by atoms with Crippen molar-refractivity contribution < 1.29 is 19.3 Å². The highest BCUT2D eigenvalue weighted by molar-refractivity contribution is 5.41. The van der Waals surface area contributed by atoms with E-state index in [-0.39, 0.29) is 0 Å². The summed E-state index contributed by atoms with van der Waals surface area (Å²) in [5, 5.41) is 10.6. The highest BCUT2D eigenvalue weighted by Gasteiger charge is 2.34. The molecule has 1 aromatic carbocycles. The topological polar surface area (TPSA) is 51.2 Å². The molecular formula is C16H23NO4. The molecule has 3 unspecified atom stereocenters. The van der Waals surface area contributed by atoms with Crippen LogP contribution in [0.3, 0.4) is 0 Å². The smallest absolute Gasteiger partial charge is 0.124 e. The lowest BCUT2D eigenvalue weighted by molar-refractivity contribution is -0.0498. The predicted octanol–water partition coefficient (Wildman–Crippen LogP) is 1.60. The van der Waals surface area contributed by atoms with Crippen molar-refractivity contribution in [3.05, 3.63) is 23.8 Å². The molecule has 3 atom stereocenters. The van der Waals surface area contributed by atoms with E-state index < -0.39 is 6.10 Å². The highest BCUT2D eigenvalue weighted by atomic mass is 16.5. The Labute approximate surface area is 125 Å². The van der Waals surface area contributed by atoms with Crippen LogP contribution in [0, 0.1) is 0 Å². The van der Waals surface area contributed by atoms with Crippen molar-refractivity contribution in [1.29, 1.82) is 0 Å². The number of morpholine rings is 1. The van der Waals surface area contributed by atoms with E-state index in [0.717, 1.165) is 37.2 Å². The third-order valence-electron chi connectivity index (χ3n) is 4.35. The first kappa shape index (κ1) is 14.6. The van der Waals surface area contributed by atoms with Gasteiger partial charge in [0.1, 0.15) is 11.5 Å². The summed E-state index contributed by atoms with van der Waals surface area (Å²) in [6, 6.07) is 5.52. The van der Waals surface area contributed by atoms with Crippen LogP contribution in [-0.4, -0.2) is 56.1 Å². The lowest BCUT2D eigenvalue weighted by Gasteiger charge is -2.33. The Morgan fingerprint density at radius 2 is 1.95 bits per heavy atom. The number of benzene rings is 1. The van der Waals surface area contributed by atoms with E-state index >= 15 is 0 Å². The number of nitrogens with zero attached hydrogens (tertiary/aromatic N) is 1. The Morgan fingerprint density at radius 1 is 1.24 bits per heavy atom. The maximum absolute atomic E-state index is 10.6. The van der Waals surface area contributed by atoms with Crippen LogP contribution in [0.4, 0.5) is 0 Å². The van der Waals surface area contributed by atoms with Gasteiger partial charge in [-0.2, -0.15) is 0 Å². The molecule has 3 rings (SSSR count). The minimum atomic E-state index is -0.590. The number of ether oxygens (including phenoxy) is 3. The van der Waals surface area contributed by atoms with E-state index in [0.29, 0.717) is 24.5 Å². The molecule has 2 fully saturated rings. The third kappa shape index (κ3) is 3.15. The van der Waals surface area contributed by atoms with Gasteiger partial charge in [0.05, 0.1) is 32.5 Å². The molecule has 0 radical (unpaired) electrons. The van der Waals surface area contributed by atoms with Crippen molar-refractivity contribution in [2.45, 2.75) is 31.2 Å². The van der Waals surface area contributed by atoms with Gasteiger partial charge >= 0.3 is 0 Å². The zero-order valence-corrected chi connectivity index (χ0v) is 12.6. The summed E-state index contributed by atoms with van der Waals surface area (Å²) in [4.78, 5) is 2.29. The molecule has 1 N–H and O–H groups in total. The molecule has 2 aliphatic rings. The molecule has 5 heteroatoms. The van der Waals surface area contributed by atoms with Gasteiger partial charge in [-0.15, -0.1) is 0 Å². The number of hydrogen-bond acceptors (Lipinski definition) is 5. The number of β-amino-alcohol motifs (C(OH)–C–C–N with tert-alkyl or cyclic N) is 1. The number of likely N-dealkylation sites (tertiary alicyclic amines) is 1. The zero-order chi connectivity index (χ0) is 14.8. The molecule has 0 aromatic heterocycles. The Morgan fingerprint density at radius 3 is 2.57 bits per heavy atom. The minimum absolute atomic E-state index is 0.336. The van der Waals surface area contributed by atoms with E-state index in [1.165, 1.54) is 0 Å². The molecular weight excluding hydrogens is 270 g/mol. The molecule has 2 heterocycles. The van der Waals surface area contributed by atoms with Crippen LogP contribution in [0.5, 0.6) is 11.5 Å². The van der Waals surface area contributed by atoms with Crippen LogP contribution < -0.4 is 9.47 Å². The quantitative estimate of drug-likeness (QED) is 0.893. The second-order valence-electron chi connectivity index (χ2n) is 5.80. The first-order valence-corrected chi connectivity index (χ1v) is 7.47. The second kappa shape index (κ2) is 6.22. The van der Waals surface area contributed by atoms with Crippen molar-refractivity contribution in [2.75, 3.05) is 33.9 Å². The lowest BCUT2D eigenvalue weighted by atomic mass is 10.1. The summed E-state index contributed by atoms with van der Waals surface area (Å²) in [7, 11) is 3.24. The second-order valence-corrected chi connectivity index (χ2v) is 5.80. The number of hydrogen-bond donors (Lipinski definition) is 1. The first-order chi connectivity index (χ1) is 10.2. The average molecular weight is 293 g/mol. The van der Waals surface area contributed by atoms with Crippen LogP contribution in [0.15, 0.2) is 18.2 Å². The van der Waals surface area contributed by atoms with Gasteiger partial charge < -0.3 is 19.3 Å². The third-order valence-corrected chi connectivity index (χ3v) is 4.35. The fourth-order valence-corrected chi connectivity index (χ4v) is 3.29. The van der Waals surface area contributed by atoms with E-state index in [9.17, 15) is 5.11 Å². The van der Waals surface area contributed by atoms with Gasteiger partial charge in [-0.1, -0.05) is 0 Å². The molecule has 2 saturated heterocycles. The van der Waals surface area contributed by atoms with Crippen molar-refractivity contribution in [3.8, 4) is 11.5 Å². The Balaban J connectivity index is 1.71.